The molecule has 0 atom stereocenters. The number of aromatic nitrogens is 2. The van der Waals surface area contributed by atoms with Crippen LogP contribution >= 0.6 is 11.8 Å². The zero-order valence-electron chi connectivity index (χ0n) is 10.8. The number of aryl methyl sites for hydroxylation is 1. The summed E-state index contributed by atoms with van der Waals surface area (Å²) in [4.78, 5) is 11.7. The molecule has 1 aromatic rings. The Morgan fingerprint density at radius 2 is 2.33 bits per heavy atom. The lowest BCUT2D eigenvalue weighted by molar-refractivity contribution is 0.309. The number of thioether (sulfide) groups is 1. The van der Waals surface area contributed by atoms with Gasteiger partial charge in [0.1, 0.15) is 5.75 Å². The van der Waals surface area contributed by atoms with Gasteiger partial charge in [-0.2, -0.15) is 16.9 Å². The molecule has 0 unspecified atom stereocenters. The molecule has 0 aromatic carbocycles. The molecule has 0 saturated carbocycles. The van der Waals surface area contributed by atoms with Crippen LogP contribution in [0.2, 0.25) is 0 Å². The maximum Gasteiger partial charge on any atom is 0.270 e. The summed E-state index contributed by atoms with van der Waals surface area (Å²) in [7, 11) is 0. The van der Waals surface area contributed by atoms with Gasteiger partial charge in [0, 0.05) is 12.6 Å². The standard InChI is InChI=1S/C12H21N3O2S/c1-2-18-8-4-6-15-12(16)9-11(10-14-15)17-7-3-5-13/h9-10H,2-8,13H2,1H3. The summed E-state index contributed by atoms with van der Waals surface area (Å²) < 4.78 is 6.84. The Hall–Kier alpha value is -1.01. The molecule has 0 saturated heterocycles. The molecule has 0 aliphatic rings. The van der Waals surface area contributed by atoms with Crippen molar-refractivity contribution in [1.29, 1.82) is 0 Å². The molecule has 0 aliphatic carbocycles. The molecular weight excluding hydrogens is 250 g/mol. The van der Waals surface area contributed by atoms with E-state index in [-0.39, 0.29) is 5.56 Å². The van der Waals surface area contributed by atoms with Crippen LogP contribution in [0.3, 0.4) is 0 Å². The normalized spacial score (nSPS) is 10.6. The summed E-state index contributed by atoms with van der Waals surface area (Å²) in [5.74, 6) is 2.68. The van der Waals surface area contributed by atoms with E-state index in [2.05, 4.69) is 12.0 Å². The third kappa shape index (κ3) is 5.55. The van der Waals surface area contributed by atoms with Crippen molar-refractivity contribution in [1.82, 2.24) is 9.78 Å². The molecule has 102 valence electrons. The first-order valence-corrected chi connectivity index (χ1v) is 7.41. The van der Waals surface area contributed by atoms with E-state index >= 15 is 0 Å². The Balaban J connectivity index is 2.44. The van der Waals surface area contributed by atoms with E-state index in [4.69, 9.17) is 10.5 Å². The summed E-state index contributed by atoms with van der Waals surface area (Å²) in [6.07, 6.45) is 3.32. The average molecular weight is 271 g/mol. The van der Waals surface area contributed by atoms with Crippen LogP contribution in [0.4, 0.5) is 0 Å². The highest BCUT2D eigenvalue weighted by Gasteiger charge is 2.01. The van der Waals surface area contributed by atoms with Gasteiger partial charge in [-0.3, -0.25) is 4.79 Å². The molecule has 18 heavy (non-hydrogen) atoms. The zero-order valence-corrected chi connectivity index (χ0v) is 11.6. The van der Waals surface area contributed by atoms with Gasteiger partial charge in [-0.05, 0) is 30.9 Å². The molecule has 0 spiro atoms. The molecule has 0 aliphatic heterocycles. The predicted molar refractivity (Wildman–Crippen MR) is 75.3 cm³/mol. The lowest BCUT2D eigenvalue weighted by Crippen LogP contribution is -2.22. The molecule has 1 rings (SSSR count). The largest absolute Gasteiger partial charge is 0.492 e. The van der Waals surface area contributed by atoms with Gasteiger partial charge in [0.2, 0.25) is 0 Å². The maximum absolute atomic E-state index is 11.7. The van der Waals surface area contributed by atoms with Crippen molar-refractivity contribution in [2.45, 2.75) is 26.3 Å². The Labute approximate surface area is 112 Å². The first kappa shape index (κ1) is 15.0. The van der Waals surface area contributed by atoms with Crippen molar-refractivity contribution >= 4 is 11.8 Å². The number of ether oxygens (including phenoxy) is 1. The SMILES string of the molecule is CCSCCCn1ncc(OCCCN)cc1=O. The van der Waals surface area contributed by atoms with E-state index in [1.807, 2.05) is 11.8 Å². The molecule has 1 heterocycles. The molecule has 0 amide bonds. The fourth-order valence-electron chi connectivity index (χ4n) is 1.40. The average Bonchev–Trinajstić information content (AvgIpc) is 2.37. The molecule has 0 radical (unpaired) electrons. The number of nitrogens with zero attached hydrogens (tertiary/aromatic N) is 2. The van der Waals surface area contributed by atoms with Crippen LogP contribution in [0, 0.1) is 0 Å². The molecule has 5 nitrogen and oxygen atoms in total. The lowest BCUT2D eigenvalue weighted by Gasteiger charge is -2.07. The van der Waals surface area contributed by atoms with Gasteiger partial charge in [-0.15, -0.1) is 0 Å². The van der Waals surface area contributed by atoms with Crippen molar-refractivity contribution < 1.29 is 4.74 Å². The van der Waals surface area contributed by atoms with Gasteiger partial charge in [0.15, 0.2) is 0 Å². The highest BCUT2D eigenvalue weighted by atomic mass is 32.2. The van der Waals surface area contributed by atoms with E-state index < -0.39 is 0 Å². The van der Waals surface area contributed by atoms with Gasteiger partial charge < -0.3 is 10.5 Å². The maximum atomic E-state index is 11.7. The van der Waals surface area contributed by atoms with E-state index in [1.54, 1.807) is 6.20 Å². The van der Waals surface area contributed by atoms with E-state index in [0.29, 0.717) is 25.4 Å². The van der Waals surface area contributed by atoms with Crippen molar-refractivity contribution in [3.05, 3.63) is 22.6 Å². The van der Waals surface area contributed by atoms with Crippen LogP contribution in [0.25, 0.3) is 0 Å². The molecule has 2 N–H and O–H groups in total. The number of nitrogens with two attached hydrogens (primary N) is 1. The first-order chi connectivity index (χ1) is 8.77. The summed E-state index contributed by atoms with van der Waals surface area (Å²) in [6, 6.07) is 1.48. The molecule has 0 fully saturated rings. The van der Waals surface area contributed by atoms with Gasteiger partial charge in [0.25, 0.3) is 5.56 Å². The Morgan fingerprint density at radius 3 is 3.00 bits per heavy atom. The van der Waals surface area contributed by atoms with Gasteiger partial charge in [-0.1, -0.05) is 6.92 Å². The Morgan fingerprint density at radius 1 is 1.50 bits per heavy atom. The minimum absolute atomic E-state index is 0.109. The number of hydrogen-bond donors (Lipinski definition) is 1. The molecule has 6 heteroatoms. The highest BCUT2D eigenvalue weighted by molar-refractivity contribution is 7.99. The van der Waals surface area contributed by atoms with Gasteiger partial charge in [-0.25, -0.2) is 4.68 Å². The van der Waals surface area contributed by atoms with Crippen LogP contribution in [-0.2, 0) is 6.54 Å². The summed E-state index contributed by atoms with van der Waals surface area (Å²) >= 11 is 1.87. The second-order valence-electron chi connectivity index (χ2n) is 3.79. The third-order valence-corrected chi connectivity index (χ3v) is 3.31. The topological polar surface area (TPSA) is 70.1 Å². The second kappa shape index (κ2) is 8.99. The fraction of sp³-hybridized carbons (Fsp3) is 0.667. The Kier molecular flexibility index (Phi) is 7.52. The van der Waals surface area contributed by atoms with Crippen molar-refractivity contribution in [2.24, 2.45) is 5.73 Å². The summed E-state index contributed by atoms with van der Waals surface area (Å²) in [5.41, 5.74) is 5.25. The van der Waals surface area contributed by atoms with Gasteiger partial charge >= 0.3 is 0 Å². The quantitative estimate of drug-likeness (QED) is 0.681. The zero-order chi connectivity index (χ0) is 13.2. The minimum atomic E-state index is -0.109. The van der Waals surface area contributed by atoms with Crippen LogP contribution in [0.15, 0.2) is 17.1 Å². The second-order valence-corrected chi connectivity index (χ2v) is 5.19. The smallest absolute Gasteiger partial charge is 0.270 e. The van der Waals surface area contributed by atoms with E-state index in [1.165, 1.54) is 10.7 Å². The van der Waals surface area contributed by atoms with Crippen molar-refractivity contribution in [3.8, 4) is 5.75 Å². The monoisotopic (exact) mass is 271 g/mol. The fourth-order valence-corrected chi connectivity index (χ4v) is 2.02. The first-order valence-electron chi connectivity index (χ1n) is 6.25. The highest BCUT2D eigenvalue weighted by Crippen LogP contribution is 2.05. The van der Waals surface area contributed by atoms with Crippen molar-refractivity contribution in [2.75, 3.05) is 24.7 Å². The molecular formula is C12H21N3O2S. The predicted octanol–water partition coefficient (Wildman–Crippen LogP) is 1.11. The Bertz CT molecular complexity index is 395. The third-order valence-electron chi connectivity index (χ3n) is 2.32. The lowest BCUT2D eigenvalue weighted by atomic mass is 10.4. The summed E-state index contributed by atoms with van der Waals surface area (Å²) in [5, 5.41) is 4.09. The van der Waals surface area contributed by atoms with Crippen LogP contribution in [0.1, 0.15) is 19.8 Å². The van der Waals surface area contributed by atoms with Crippen LogP contribution < -0.4 is 16.0 Å². The number of rotatable bonds is 9. The number of hydrogen-bond acceptors (Lipinski definition) is 5. The molecule has 0 bridgehead atoms. The minimum Gasteiger partial charge on any atom is -0.492 e. The molecule has 1 aromatic heterocycles. The van der Waals surface area contributed by atoms with Crippen LogP contribution in [-0.4, -0.2) is 34.4 Å². The summed E-state index contributed by atoms with van der Waals surface area (Å²) in [6.45, 7) is 3.89. The van der Waals surface area contributed by atoms with Gasteiger partial charge in [0.05, 0.1) is 12.8 Å². The van der Waals surface area contributed by atoms with E-state index in [9.17, 15) is 4.79 Å². The van der Waals surface area contributed by atoms with Crippen molar-refractivity contribution in [3.63, 3.8) is 0 Å². The van der Waals surface area contributed by atoms with E-state index in [0.717, 1.165) is 24.3 Å². The van der Waals surface area contributed by atoms with Crippen LogP contribution in [0.5, 0.6) is 5.75 Å².